The molecule has 2 amide bonds. The molecule has 0 aliphatic rings. The molecule has 0 unspecified atom stereocenters. The Bertz CT molecular complexity index is 477. The summed E-state index contributed by atoms with van der Waals surface area (Å²) in [5.74, 6) is -0.303. The summed E-state index contributed by atoms with van der Waals surface area (Å²) in [6.45, 7) is 0.689. The van der Waals surface area contributed by atoms with Crippen molar-refractivity contribution in [3.63, 3.8) is 0 Å². The predicted molar refractivity (Wildman–Crippen MR) is 74.6 cm³/mol. The molecule has 0 aliphatic heterocycles. The zero-order chi connectivity index (χ0) is 15.0. The Morgan fingerprint density at radius 1 is 1.25 bits per heavy atom. The van der Waals surface area contributed by atoms with Crippen molar-refractivity contribution >= 4 is 17.5 Å². The average Bonchev–Trinajstić information content (AvgIpc) is 2.45. The Hall–Kier alpha value is -2.28. The van der Waals surface area contributed by atoms with E-state index < -0.39 is 5.91 Å². The van der Waals surface area contributed by atoms with Crippen molar-refractivity contribution in [1.82, 2.24) is 10.6 Å². The van der Waals surface area contributed by atoms with Crippen LogP contribution in [0, 0.1) is 0 Å². The Morgan fingerprint density at radius 3 is 2.65 bits per heavy atom. The van der Waals surface area contributed by atoms with E-state index in [1.54, 1.807) is 25.3 Å². The maximum Gasteiger partial charge on any atom is 0.253 e. The molecule has 4 N–H and O–H groups in total. The van der Waals surface area contributed by atoms with Crippen LogP contribution in [0.3, 0.4) is 0 Å². The number of ether oxygens (including phenoxy) is 2. The van der Waals surface area contributed by atoms with E-state index in [4.69, 9.17) is 15.2 Å². The van der Waals surface area contributed by atoms with E-state index in [0.717, 1.165) is 0 Å². The van der Waals surface area contributed by atoms with Crippen LogP contribution in [0.4, 0.5) is 5.69 Å². The first-order chi connectivity index (χ1) is 9.60. The summed E-state index contributed by atoms with van der Waals surface area (Å²) in [6, 6.07) is 4.88. The van der Waals surface area contributed by atoms with Crippen molar-refractivity contribution in [2.45, 2.75) is 0 Å². The highest BCUT2D eigenvalue weighted by Crippen LogP contribution is 2.24. The predicted octanol–water partition coefficient (Wildman–Crippen LogP) is -0.230. The van der Waals surface area contributed by atoms with Gasteiger partial charge in [-0.1, -0.05) is 6.07 Å². The van der Waals surface area contributed by atoms with Gasteiger partial charge in [-0.3, -0.25) is 9.59 Å². The number of carbonyl (C=O) groups excluding carboxylic acids is 2. The number of nitrogen functional groups attached to an aromatic ring is 1. The fourth-order valence-corrected chi connectivity index (χ4v) is 1.53. The molecule has 0 spiro atoms. The molecule has 0 aliphatic carbocycles. The van der Waals surface area contributed by atoms with Gasteiger partial charge in [0.25, 0.3) is 5.91 Å². The minimum atomic E-state index is -0.428. The van der Waals surface area contributed by atoms with Gasteiger partial charge in [0.1, 0.15) is 5.75 Å². The second kappa shape index (κ2) is 8.00. The van der Waals surface area contributed by atoms with E-state index in [2.05, 4.69) is 10.6 Å². The lowest BCUT2D eigenvalue weighted by Gasteiger charge is -2.10. The SMILES string of the molecule is COCCNC(=O)CNC(=O)c1cccc(OC)c1N. The first-order valence-electron chi connectivity index (χ1n) is 6.06. The average molecular weight is 281 g/mol. The van der Waals surface area contributed by atoms with Gasteiger partial charge in [0.2, 0.25) is 5.91 Å². The Morgan fingerprint density at radius 2 is 2.00 bits per heavy atom. The van der Waals surface area contributed by atoms with Crippen molar-refractivity contribution in [3.05, 3.63) is 23.8 Å². The smallest absolute Gasteiger partial charge is 0.253 e. The van der Waals surface area contributed by atoms with Gasteiger partial charge in [0.15, 0.2) is 0 Å². The molecule has 110 valence electrons. The van der Waals surface area contributed by atoms with E-state index in [9.17, 15) is 9.59 Å². The Labute approximate surface area is 117 Å². The summed E-state index contributed by atoms with van der Waals surface area (Å²) in [5.41, 5.74) is 6.31. The van der Waals surface area contributed by atoms with Crippen LogP contribution in [0.5, 0.6) is 5.75 Å². The summed E-state index contributed by atoms with van der Waals surface area (Å²) in [4.78, 5) is 23.3. The monoisotopic (exact) mass is 281 g/mol. The first-order valence-corrected chi connectivity index (χ1v) is 6.06. The Balaban J connectivity index is 2.53. The fourth-order valence-electron chi connectivity index (χ4n) is 1.53. The van der Waals surface area contributed by atoms with Crippen LogP contribution in [-0.2, 0) is 9.53 Å². The number of anilines is 1. The van der Waals surface area contributed by atoms with Crippen molar-refractivity contribution in [3.8, 4) is 5.75 Å². The second-order valence-electron chi connectivity index (χ2n) is 3.95. The molecule has 1 aromatic rings. The van der Waals surface area contributed by atoms with Crippen molar-refractivity contribution < 1.29 is 19.1 Å². The molecule has 1 aromatic carbocycles. The molecule has 0 heterocycles. The fraction of sp³-hybridized carbons (Fsp3) is 0.385. The number of nitrogens with two attached hydrogens (primary N) is 1. The largest absolute Gasteiger partial charge is 0.495 e. The van der Waals surface area contributed by atoms with Gasteiger partial charge in [0, 0.05) is 13.7 Å². The highest BCUT2D eigenvalue weighted by Gasteiger charge is 2.13. The quantitative estimate of drug-likeness (QED) is 0.473. The second-order valence-corrected chi connectivity index (χ2v) is 3.95. The maximum atomic E-state index is 11.9. The molecule has 0 saturated carbocycles. The molecular formula is C13H19N3O4. The van der Waals surface area contributed by atoms with E-state index in [0.29, 0.717) is 18.9 Å². The maximum absolute atomic E-state index is 11.9. The van der Waals surface area contributed by atoms with Gasteiger partial charge in [-0.15, -0.1) is 0 Å². The molecule has 1 rings (SSSR count). The molecule has 7 heteroatoms. The minimum Gasteiger partial charge on any atom is -0.495 e. The third kappa shape index (κ3) is 4.43. The van der Waals surface area contributed by atoms with Gasteiger partial charge >= 0.3 is 0 Å². The zero-order valence-electron chi connectivity index (χ0n) is 11.6. The lowest BCUT2D eigenvalue weighted by molar-refractivity contribution is -0.120. The van der Waals surface area contributed by atoms with E-state index in [1.807, 2.05) is 0 Å². The zero-order valence-corrected chi connectivity index (χ0v) is 11.6. The van der Waals surface area contributed by atoms with Crippen LogP contribution >= 0.6 is 0 Å². The number of hydrogen-bond acceptors (Lipinski definition) is 5. The number of para-hydroxylation sites is 1. The van der Waals surface area contributed by atoms with Crippen LogP contribution in [0.2, 0.25) is 0 Å². The van der Waals surface area contributed by atoms with E-state index in [-0.39, 0.29) is 23.7 Å². The molecule has 20 heavy (non-hydrogen) atoms. The number of hydrogen-bond donors (Lipinski definition) is 3. The van der Waals surface area contributed by atoms with Gasteiger partial charge in [-0.25, -0.2) is 0 Å². The molecule has 0 fully saturated rings. The number of amides is 2. The number of carbonyl (C=O) groups is 2. The molecule has 0 bridgehead atoms. The number of methoxy groups -OCH3 is 2. The van der Waals surface area contributed by atoms with Crippen LogP contribution in [0.1, 0.15) is 10.4 Å². The van der Waals surface area contributed by atoms with Crippen LogP contribution in [0.15, 0.2) is 18.2 Å². The number of benzene rings is 1. The molecule has 0 aromatic heterocycles. The normalized spacial score (nSPS) is 9.90. The van der Waals surface area contributed by atoms with Crippen molar-refractivity contribution in [1.29, 1.82) is 0 Å². The molecule has 7 nitrogen and oxygen atoms in total. The third-order valence-corrected chi connectivity index (χ3v) is 2.57. The highest BCUT2D eigenvalue weighted by molar-refractivity contribution is 6.01. The van der Waals surface area contributed by atoms with Crippen LogP contribution < -0.4 is 21.1 Å². The summed E-state index contributed by atoms with van der Waals surface area (Å²) in [5, 5.41) is 5.08. The topological polar surface area (TPSA) is 103 Å². The molecule has 0 saturated heterocycles. The highest BCUT2D eigenvalue weighted by atomic mass is 16.5. The number of nitrogens with one attached hydrogen (secondary N) is 2. The Kier molecular flexibility index (Phi) is 6.31. The molecular weight excluding hydrogens is 262 g/mol. The van der Waals surface area contributed by atoms with Gasteiger partial charge in [0.05, 0.1) is 31.5 Å². The summed E-state index contributed by atoms with van der Waals surface area (Å²) < 4.78 is 9.82. The summed E-state index contributed by atoms with van der Waals surface area (Å²) >= 11 is 0. The summed E-state index contributed by atoms with van der Waals surface area (Å²) in [7, 11) is 3.01. The van der Waals surface area contributed by atoms with Crippen molar-refractivity contribution in [2.75, 3.05) is 39.6 Å². The molecule has 0 radical (unpaired) electrons. The minimum absolute atomic E-state index is 0.126. The van der Waals surface area contributed by atoms with E-state index >= 15 is 0 Å². The van der Waals surface area contributed by atoms with Gasteiger partial charge in [-0.2, -0.15) is 0 Å². The van der Waals surface area contributed by atoms with Gasteiger partial charge in [-0.05, 0) is 12.1 Å². The lowest BCUT2D eigenvalue weighted by atomic mass is 10.1. The van der Waals surface area contributed by atoms with E-state index in [1.165, 1.54) is 7.11 Å². The van der Waals surface area contributed by atoms with Gasteiger partial charge < -0.3 is 25.8 Å². The standard InChI is InChI=1S/C13H19N3O4/c1-19-7-6-15-11(17)8-16-13(18)9-4-3-5-10(20-2)12(9)14/h3-5H,6-8,14H2,1-2H3,(H,15,17)(H,16,18). The summed E-state index contributed by atoms with van der Waals surface area (Å²) in [6.07, 6.45) is 0. The first kappa shape index (κ1) is 15.8. The third-order valence-electron chi connectivity index (χ3n) is 2.57. The number of rotatable bonds is 7. The van der Waals surface area contributed by atoms with Crippen molar-refractivity contribution in [2.24, 2.45) is 0 Å². The lowest BCUT2D eigenvalue weighted by Crippen LogP contribution is -2.38. The van der Waals surface area contributed by atoms with Crippen LogP contribution in [0.25, 0.3) is 0 Å². The molecule has 0 atom stereocenters. The van der Waals surface area contributed by atoms with Crippen LogP contribution in [-0.4, -0.2) is 45.7 Å².